The fraction of sp³-hybridized carbons (Fsp3) is 0.417. The van der Waals surface area contributed by atoms with E-state index < -0.39 is 43.6 Å². The standard InChI is InChI=1S/C12H13F3O4S/c1-7(11(16)17)8(2)20(18,19)10-5-3-4-9(6-10)12(13,14)15/h3-8H,1-2H3,(H,16,17). The molecule has 0 aliphatic rings. The molecule has 1 aromatic carbocycles. The number of sulfone groups is 1. The Kier molecular flexibility index (Phi) is 4.48. The maximum Gasteiger partial charge on any atom is 0.416 e. The minimum absolute atomic E-state index is 0.514. The Balaban J connectivity index is 3.27. The number of benzene rings is 1. The fourth-order valence-corrected chi connectivity index (χ4v) is 3.18. The van der Waals surface area contributed by atoms with Crippen molar-refractivity contribution in [2.24, 2.45) is 5.92 Å². The number of hydrogen-bond donors (Lipinski definition) is 1. The monoisotopic (exact) mass is 310 g/mol. The van der Waals surface area contributed by atoms with E-state index in [0.29, 0.717) is 6.07 Å². The highest BCUT2D eigenvalue weighted by Gasteiger charge is 2.35. The normalized spacial score (nSPS) is 15.7. The summed E-state index contributed by atoms with van der Waals surface area (Å²) in [5.41, 5.74) is -1.09. The zero-order valence-corrected chi connectivity index (χ0v) is 11.5. The molecular weight excluding hydrogens is 297 g/mol. The molecule has 0 aromatic heterocycles. The van der Waals surface area contributed by atoms with E-state index in [1.54, 1.807) is 0 Å². The zero-order valence-electron chi connectivity index (χ0n) is 10.7. The van der Waals surface area contributed by atoms with Crippen LogP contribution in [0.5, 0.6) is 0 Å². The fourth-order valence-electron chi connectivity index (χ4n) is 1.53. The first-order valence-electron chi connectivity index (χ1n) is 5.62. The van der Waals surface area contributed by atoms with Gasteiger partial charge in [-0.05, 0) is 25.1 Å². The van der Waals surface area contributed by atoms with Gasteiger partial charge in [0.25, 0.3) is 0 Å². The number of hydrogen-bond acceptors (Lipinski definition) is 3. The number of carboxylic acid groups (broad SMARTS) is 1. The van der Waals surface area contributed by atoms with Crippen LogP contribution in [0.2, 0.25) is 0 Å². The van der Waals surface area contributed by atoms with Gasteiger partial charge < -0.3 is 5.11 Å². The highest BCUT2D eigenvalue weighted by atomic mass is 32.2. The third-order valence-electron chi connectivity index (χ3n) is 3.07. The van der Waals surface area contributed by atoms with Gasteiger partial charge in [0.1, 0.15) is 0 Å². The van der Waals surface area contributed by atoms with Gasteiger partial charge in [-0.1, -0.05) is 13.0 Å². The molecule has 0 amide bonds. The lowest BCUT2D eigenvalue weighted by atomic mass is 10.1. The summed E-state index contributed by atoms with van der Waals surface area (Å²) in [6, 6.07) is 3.27. The summed E-state index contributed by atoms with van der Waals surface area (Å²) in [6.07, 6.45) is -4.66. The Bertz CT molecular complexity index is 607. The summed E-state index contributed by atoms with van der Waals surface area (Å²) >= 11 is 0. The Morgan fingerprint density at radius 3 is 2.25 bits per heavy atom. The van der Waals surface area contributed by atoms with Gasteiger partial charge in [-0.25, -0.2) is 8.42 Å². The van der Waals surface area contributed by atoms with E-state index >= 15 is 0 Å². The van der Waals surface area contributed by atoms with Crippen LogP contribution in [0.15, 0.2) is 29.2 Å². The molecule has 0 spiro atoms. The average Bonchev–Trinajstić information content (AvgIpc) is 2.35. The molecule has 8 heteroatoms. The van der Waals surface area contributed by atoms with Crippen molar-refractivity contribution in [2.75, 3.05) is 0 Å². The van der Waals surface area contributed by atoms with Crippen molar-refractivity contribution in [3.63, 3.8) is 0 Å². The van der Waals surface area contributed by atoms with Gasteiger partial charge in [0.2, 0.25) is 0 Å². The molecule has 2 atom stereocenters. The van der Waals surface area contributed by atoms with Gasteiger partial charge >= 0.3 is 12.1 Å². The van der Waals surface area contributed by atoms with Gasteiger partial charge in [0.15, 0.2) is 9.84 Å². The number of halogens is 3. The minimum Gasteiger partial charge on any atom is -0.481 e. The Morgan fingerprint density at radius 2 is 1.80 bits per heavy atom. The summed E-state index contributed by atoms with van der Waals surface area (Å²) in [4.78, 5) is 10.3. The van der Waals surface area contributed by atoms with E-state index in [1.807, 2.05) is 0 Å². The number of carboxylic acids is 1. The lowest BCUT2D eigenvalue weighted by Gasteiger charge is -2.17. The second-order valence-corrected chi connectivity index (χ2v) is 6.71. The molecule has 0 radical (unpaired) electrons. The topological polar surface area (TPSA) is 71.4 Å². The van der Waals surface area contributed by atoms with Crippen molar-refractivity contribution >= 4 is 15.8 Å². The first kappa shape index (κ1) is 16.5. The van der Waals surface area contributed by atoms with Crippen LogP contribution in [0.4, 0.5) is 13.2 Å². The number of rotatable bonds is 4. The highest BCUT2D eigenvalue weighted by Crippen LogP contribution is 2.31. The lowest BCUT2D eigenvalue weighted by Crippen LogP contribution is -2.30. The SMILES string of the molecule is CC(C(=O)O)C(C)S(=O)(=O)c1cccc(C(F)(F)F)c1. The molecule has 0 saturated heterocycles. The highest BCUT2D eigenvalue weighted by molar-refractivity contribution is 7.92. The smallest absolute Gasteiger partial charge is 0.416 e. The quantitative estimate of drug-likeness (QED) is 0.928. The molecule has 1 N–H and O–H groups in total. The van der Waals surface area contributed by atoms with Gasteiger partial charge in [-0.15, -0.1) is 0 Å². The Labute approximate surface area is 114 Å². The molecule has 0 aliphatic heterocycles. The van der Waals surface area contributed by atoms with Gasteiger partial charge in [0.05, 0.1) is 21.6 Å². The van der Waals surface area contributed by atoms with Crippen molar-refractivity contribution in [2.45, 2.75) is 30.2 Å². The third kappa shape index (κ3) is 3.30. The van der Waals surface area contributed by atoms with E-state index in [2.05, 4.69) is 0 Å². The number of alkyl halides is 3. The van der Waals surface area contributed by atoms with Crippen LogP contribution in [0.3, 0.4) is 0 Å². The molecule has 1 rings (SSSR count). The van der Waals surface area contributed by atoms with Crippen LogP contribution in [0.1, 0.15) is 19.4 Å². The first-order valence-corrected chi connectivity index (χ1v) is 7.16. The van der Waals surface area contributed by atoms with Gasteiger partial charge in [-0.3, -0.25) is 4.79 Å². The first-order chi connectivity index (χ1) is 8.98. The van der Waals surface area contributed by atoms with Crippen molar-refractivity contribution in [3.05, 3.63) is 29.8 Å². The average molecular weight is 310 g/mol. The predicted octanol–water partition coefficient (Wildman–Crippen LogP) is 2.59. The van der Waals surface area contributed by atoms with Crippen LogP contribution < -0.4 is 0 Å². The maximum absolute atomic E-state index is 12.6. The van der Waals surface area contributed by atoms with Crippen LogP contribution in [0, 0.1) is 5.92 Å². The summed E-state index contributed by atoms with van der Waals surface area (Å²) < 4.78 is 61.9. The van der Waals surface area contributed by atoms with Gasteiger partial charge in [0, 0.05) is 0 Å². The van der Waals surface area contributed by atoms with E-state index in [1.165, 1.54) is 6.92 Å². The molecule has 20 heavy (non-hydrogen) atoms. The van der Waals surface area contributed by atoms with Crippen LogP contribution in [-0.2, 0) is 20.8 Å². The molecule has 0 aliphatic carbocycles. The molecular formula is C12H13F3O4S. The van der Waals surface area contributed by atoms with Crippen LogP contribution >= 0.6 is 0 Å². The maximum atomic E-state index is 12.6. The summed E-state index contributed by atoms with van der Waals surface area (Å²) in [5, 5.41) is 7.47. The molecule has 0 fully saturated rings. The molecule has 0 heterocycles. The van der Waals surface area contributed by atoms with E-state index in [-0.39, 0.29) is 0 Å². The zero-order chi connectivity index (χ0) is 15.7. The van der Waals surface area contributed by atoms with Crippen molar-refractivity contribution in [1.29, 1.82) is 0 Å². The summed E-state index contributed by atoms with van der Waals surface area (Å²) in [6.45, 7) is 2.35. The van der Waals surface area contributed by atoms with Crippen molar-refractivity contribution in [1.82, 2.24) is 0 Å². The molecule has 1 aromatic rings. The third-order valence-corrected chi connectivity index (χ3v) is 5.37. The minimum atomic E-state index is -4.66. The molecule has 112 valence electrons. The van der Waals surface area contributed by atoms with Crippen molar-refractivity contribution in [3.8, 4) is 0 Å². The number of carbonyl (C=O) groups is 1. The molecule has 4 nitrogen and oxygen atoms in total. The molecule has 2 unspecified atom stereocenters. The van der Waals surface area contributed by atoms with Crippen LogP contribution in [0.25, 0.3) is 0 Å². The molecule has 0 saturated carbocycles. The van der Waals surface area contributed by atoms with Crippen molar-refractivity contribution < 1.29 is 31.5 Å². The second kappa shape index (κ2) is 5.43. The lowest BCUT2D eigenvalue weighted by molar-refractivity contribution is -0.141. The van der Waals surface area contributed by atoms with E-state index in [0.717, 1.165) is 25.1 Å². The number of aliphatic carboxylic acids is 1. The predicted molar refractivity (Wildman–Crippen MR) is 64.9 cm³/mol. The Hall–Kier alpha value is -1.57. The largest absolute Gasteiger partial charge is 0.481 e. The van der Waals surface area contributed by atoms with E-state index in [9.17, 15) is 26.4 Å². The van der Waals surface area contributed by atoms with Crippen LogP contribution in [-0.4, -0.2) is 24.7 Å². The molecule has 0 bridgehead atoms. The van der Waals surface area contributed by atoms with Gasteiger partial charge in [-0.2, -0.15) is 13.2 Å². The Morgan fingerprint density at radius 1 is 1.25 bits per heavy atom. The summed E-state index contributed by atoms with van der Waals surface area (Å²) in [5.74, 6) is -2.55. The second-order valence-electron chi connectivity index (χ2n) is 4.40. The van der Waals surface area contributed by atoms with E-state index in [4.69, 9.17) is 5.11 Å². The summed E-state index contributed by atoms with van der Waals surface area (Å²) in [7, 11) is -4.15.